The Morgan fingerprint density at radius 3 is 2.36 bits per heavy atom. The number of nitrogens with zero attached hydrogens (tertiary/aromatic N) is 1. The van der Waals surface area contributed by atoms with Gasteiger partial charge < -0.3 is 4.74 Å². The van der Waals surface area contributed by atoms with Gasteiger partial charge in [0.25, 0.3) is 0 Å². The first-order chi connectivity index (χ1) is 10.5. The standard InChI is InChI=1S/C16H10F3NOS/c17-16(18,19)21-13-8-4-7-12(9-13)14-10-22-15(20-14)11-5-2-1-3-6-11/h1-10H. The van der Waals surface area contributed by atoms with E-state index in [4.69, 9.17) is 0 Å². The first kappa shape index (κ1) is 14.6. The molecule has 0 radical (unpaired) electrons. The zero-order valence-corrected chi connectivity index (χ0v) is 12.0. The van der Waals surface area contributed by atoms with Crippen LogP contribution in [0.3, 0.4) is 0 Å². The molecule has 0 saturated carbocycles. The van der Waals surface area contributed by atoms with Crippen LogP contribution < -0.4 is 4.74 Å². The predicted molar refractivity (Wildman–Crippen MR) is 79.7 cm³/mol. The molecule has 0 aliphatic carbocycles. The van der Waals surface area contributed by atoms with Crippen LogP contribution in [0, 0.1) is 0 Å². The Morgan fingerprint density at radius 1 is 0.909 bits per heavy atom. The molecule has 3 aromatic rings. The lowest BCUT2D eigenvalue weighted by Gasteiger charge is -2.09. The van der Waals surface area contributed by atoms with Crippen LogP contribution in [0.4, 0.5) is 13.2 Å². The summed E-state index contributed by atoms with van der Waals surface area (Å²) in [5.74, 6) is -0.251. The van der Waals surface area contributed by atoms with Crippen molar-refractivity contribution in [3.05, 3.63) is 60.0 Å². The normalized spacial score (nSPS) is 11.4. The molecule has 0 fully saturated rings. The van der Waals surface area contributed by atoms with Crippen molar-refractivity contribution in [2.75, 3.05) is 0 Å². The number of hydrogen-bond acceptors (Lipinski definition) is 3. The van der Waals surface area contributed by atoms with Gasteiger partial charge in [-0.15, -0.1) is 24.5 Å². The number of hydrogen-bond donors (Lipinski definition) is 0. The third kappa shape index (κ3) is 3.46. The molecule has 0 aliphatic heterocycles. The van der Waals surface area contributed by atoms with E-state index in [1.54, 1.807) is 6.07 Å². The first-order valence-electron chi connectivity index (χ1n) is 6.38. The summed E-state index contributed by atoms with van der Waals surface area (Å²) in [5.41, 5.74) is 2.18. The van der Waals surface area contributed by atoms with Crippen molar-refractivity contribution in [1.82, 2.24) is 4.98 Å². The van der Waals surface area contributed by atoms with Crippen molar-refractivity contribution >= 4 is 11.3 Å². The van der Waals surface area contributed by atoms with Gasteiger partial charge in [0.05, 0.1) is 5.69 Å². The molecule has 0 atom stereocenters. The zero-order valence-electron chi connectivity index (χ0n) is 11.2. The fourth-order valence-electron chi connectivity index (χ4n) is 1.97. The van der Waals surface area contributed by atoms with E-state index in [0.717, 1.165) is 10.6 Å². The predicted octanol–water partition coefficient (Wildman–Crippen LogP) is 5.38. The second-order valence-electron chi connectivity index (χ2n) is 4.48. The topological polar surface area (TPSA) is 22.1 Å². The molecule has 22 heavy (non-hydrogen) atoms. The summed E-state index contributed by atoms with van der Waals surface area (Å²) < 4.78 is 40.7. The molecule has 0 amide bonds. The lowest BCUT2D eigenvalue weighted by atomic mass is 10.1. The van der Waals surface area contributed by atoms with Gasteiger partial charge in [-0.05, 0) is 12.1 Å². The number of halogens is 3. The monoisotopic (exact) mass is 321 g/mol. The van der Waals surface area contributed by atoms with Gasteiger partial charge in [-0.25, -0.2) is 4.98 Å². The highest BCUT2D eigenvalue weighted by Crippen LogP contribution is 2.31. The van der Waals surface area contributed by atoms with Crippen LogP contribution in [0.15, 0.2) is 60.0 Å². The zero-order chi connectivity index (χ0) is 15.6. The van der Waals surface area contributed by atoms with Crippen molar-refractivity contribution in [3.63, 3.8) is 0 Å². The third-order valence-electron chi connectivity index (χ3n) is 2.89. The molecule has 2 nitrogen and oxygen atoms in total. The van der Waals surface area contributed by atoms with Crippen LogP contribution in [0.1, 0.15) is 0 Å². The molecular weight excluding hydrogens is 311 g/mol. The molecule has 0 unspecified atom stereocenters. The van der Waals surface area contributed by atoms with E-state index in [1.165, 1.54) is 29.5 Å². The fraction of sp³-hybridized carbons (Fsp3) is 0.0625. The summed E-state index contributed by atoms with van der Waals surface area (Å²) in [6, 6.07) is 15.4. The number of thiazole rings is 1. The van der Waals surface area contributed by atoms with Crippen molar-refractivity contribution in [3.8, 4) is 27.6 Å². The summed E-state index contributed by atoms with van der Waals surface area (Å²) in [7, 11) is 0. The van der Waals surface area contributed by atoms with Crippen LogP contribution in [0.5, 0.6) is 5.75 Å². The molecular formula is C16H10F3NOS. The van der Waals surface area contributed by atoms with E-state index >= 15 is 0 Å². The van der Waals surface area contributed by atoms with Gasteiger partial charge in [0.15, 0.2) is 0 Å². The first-order valence-corrected chi connectivity index (χ1v) is 7.26. The average Bonchev–Trinajstić information content (AvgIpc) is 2.96. The summed E-state index contributed by atoms with van der Waals surface area (Å²) >= 11 is 1.44. The molecule has 0 aliphatic rings. The molecule has 112 valence electrons. The molecule has 0 spiro atoms. The van der Waals surface area contributed by atoms with Gasteiger partial charge in [-0.2, -0.15) is 0 Å². The maximum absolute atomic E-state index is 12.3. The number of ether oxygens (including phenoxy) is 1. The Morgan fingerprint density at radius 2 is 1.64 bits per heavy atom. The minimum atomic E-state index is -4.70. The molecule has 0 N–H and O–H groups in total. The smallest absolute Gasteiger partial charge is 0.406 e. The lowest BCUT2D eigenvalue weighted by molar-refractivity contribution is -0.274. The van der Waals surface area contributed by atoms with Gasteiger partial charge in [-0.3, -0.25) is 0 Å². The van der Waals surface area contributed by atoms with Gasteiger partial charge in [0.1, 0.15) is 10.8 Å². The maximum atomic E-state index is 12.3. The van der Waals surface area contributed by atoms with Crippen LogP contribution in [0.25, 0.3) is 21.8 Å². The molecule has 3 rings (SSSR count). The van der Waals surface area contributed by atoms with E-state index in [9.17, 15) is 13.2 Å². The Balaban J connectivity index is 1.89. The van der Waals surface area contributed by atoms with Crippen molar-refractivity contribution in [2.45, 2.75) is 6.36 Å². The highest BCUT2D eigenvalue weighted by Gasteiger charge is 2.31. The van der Waals surface area contributed by atoms with Gasteiger partial charge in [0.2, 0.25) is 0 Å². The van der Waals surface area contributed by atoms with Crippen LogP contribution in [-0.4, -0.2) is 11.3 Å². The van der Waals surface area contributed by atoms with Gasteiger partial charge >= 0.3 is 6.36 Å². The number of benzene rings is 2. The average molecular weight is 321 g/mol. The summed E-state index contributed by atoms with van der Waals surface area (Å²) in [6.07, 6.45) is -4.70. The van der Waals surface area contributed by atoms with Crippen LogP contribution in [-0.2, 0) is 0 Å². The maximum Gasteiger partial charge on any atom is 0.573 e. The summed E-state index contributed by atoms with van der Waals surface area (Å²) in [4.78, 5) is 4.47. The molecule has 0 saturated heterocycles. The van der Waals surface area contributed by atoms with Crippen molar-refractivity contribution in [1.29, 1.82) is 0 Å². The molecule has 2 aromatic carbocycles. The number of aromatic nitrogens is 1. The van der Waals surface area contributed by atoms with E-state index < -0.39 is 6.36 Å². The number of rotatable bonds is 3. The second-order valence-corrected chi connectivity index (χ2v) is 5.34. The Kier molecular flexibility index (Phi) is 3.85. The van der Waals surface area contributed by atoms with E-state index in [2.05, 4.69) is 9.72 Å². The fourth-order valence-corrected chi connectivity index (χ4v) is 2.81. The lowest BCUT2D eigenvalue weighted by Crippen LogP contribution is -2.17. The highest BCUT2D eigenvalue weighted by atomic mass is 32.1. The van der Waals surface area contributed by atoms with E-state index in [1.807, 2.05) is 35.7 Å². The molecule has 6 heteroatoms. The largest absolute Gasteiger partial charge is 0.573 e. The van der Waals surface area contributed by atoms with Gasteiger partial charge in [-0.1, -0.05) is 42.5 Å². The Hall–Kier alpha value is -2.34. The second kappa shape index (κ2) is 5.81. The van der Waals surface area contributed by atoms with Gasteiger partial charge in [0, 0.05) is 16.5 Å². The van der Waals surface area contributed by atoms with Crippen LogP contribution >= 0.6 is 11.3 Å². The number of alkyl halides is 3. The Bertz CT molecular complexity index is 768. The van der Waals surface area contributed by atoms with Crippen molar-refractivity contribution in [2.24, 2.45) is 0 Å². The molecule has 1 aromatic heterocycles. The summed E-state index contributed by atoms with van der Waals surface area (Å²) in [6.45, 7) is 0. The van der Waals surface area contributed by atoms with E-state index in [0.29, 0.717) is 11.3 Å². The summed E-state index contributed by atoms with van der Waals surface area (Å²) in [5, 5.41) is 2.63. The SMILES string of the molecule is FC(F)(F)Oc1cccc(-c2csc(-c3ccccc3)n2)c1. The molecule has 0 bridgehead atoms. The van der Waals surface area contributed by atoms with E-state index in [-0.39, 0.29) is 5.75 Å². The Labute approximate surface area is 128 Å². The van der Waals surface area contributed by atoms with Crippen LogP contribution in [0.2, 0.25) is 0 Å². The minimum Gasteiger partial charge on any atom is -0.406 e. The minimum absolute atomic E-state index is 0.251. The third-order valence-corrected chi connectivity index (χ3v) is 3.78. The quantitative estimate of drug-likeness (QED) is 0.646. The van der Waals surface area contributed by atoms with Crippen molar-refractivity contribution < 1.29 is 17.9 Å². The molecule has 1 heterocycles. The highest BCUT2D eigenvalue weighted by molar-refractivity contribution is 7.13.